The van der Waals surface area contributed by atoms with Crippen LogP contribution in [0.4, 0.5) is 0 Å². The second-order valence-corrected chi connectivity index (χ2v) is 8.56. The summed E-state index contributed by atoms with van der Waals surface area (Å²) in [5, 5.41) is 0. The molecule has 2 aromatic rings. The van der Waals surface area contributed by atoms with Gasteiger partial charge >= 0.3 is 11.9 Å². The molecule has 0 N–H and O–H groups in total. The van der Waals surface area contributed by atoms with Crippen molar-refractivity contribution >= 4 is 11.9 Å². The van der Waals surface area contributed by atoms with Crippen LogP contribution in [0.3, 0.4) is 0 Å². The summed E-state index contributed by atoms with van der Waals surface area (Å²) in [6, 6.07) is 13.5. The van der Waals surface area contributed by atoms with Crippen LogP contribution in [0.5, 0.6) is 17.2 Å². The Morgan fingerprint density at radius 1 is 0.889 bits per heavy atom. The molecule has 0 atom stereocenters. The van der Waals surface area contributed by atoms with Crippen molar-refractivity contribution < 1.29 is 38.0 Å². The van der Waals surface area contributed by atoms with E-state index < -0.39 is 11.9 Å². The zero-order chi connectivity index (χ0) is 25.6. The molecule has 1 saturated heterocycles. The van der Waals surface area contributed by atoms with Crippen LogP contribution in [0.1, 0.15) is 36.5 Å². The van der Waals surface area contributed by atoms with E-state index in [0.717, 1.165) is 45.2 Å². The fourth-order valence-electron chi connectivity index (χ4n) is 3.38. The number of ether oxygens (including phenoxy) is 6. The van der Waals surface area contributed by atoms with Crippen molar-refractivity contribution in [2.75, 3.05) is 46.2 Å². The van der Waals surface area contributed by atoms with Gasteiger partial charge < -0.3 is 28.4 Å². The van der Waals surface area contributed by atoms with E-state index >= 15 is 0 Å². The van der Waals surface area contributed by atoms with Crippen molar-refractivity contribution in [3.8, 4) is 17.2 Å². The minimum absolute atomic E-state index is 0.117. The van der Waals surface area contributed by atoms with Crippen LogP contribution in [0.15, 0.2) is 61.2 Å². The minimum Gasteiger partial charge on any atom is -0.494 e. The second kappa shape index (κ2) is 14.3. The molecule has 0 unspecified atom stereocenters. The van der Waals surface area contributed by atoms with Gasteiger partial charge in [0.05, 0.1) is 32.0 Å². The van der Waals surface area contributed by atoms with Crippen LogP contribution in [0.2, 0.25) is 0 Å². The molecule has 36 heavy (non-hydrogen) atoms. The van der Waals surface area contributed by atoms with Crippen molar-refractivity contribution in [2.45, 2.75) is 26.2 Å². The third-order valence-electron chi connectivity index (χ3n) is 5.81. The van der Waals surface area contributed by atoms with E-state index in [1.807, 2.05) is 0 Å². The molecule has 3 rings (SSSR count). The van der Waals surface area contributed by atoms with Gasteiger partial charge in [0.15, 0.2) is 0 Å². The lowest BCUT2D eigenvalue weighted by Gasteiger charge is -2.40. The average molecular weight is 499 g/mol. The topological polar surface area (TPSA) is 89.5 Å². The smallest absolute Gasteiger partial charge is 0.343 e. The predicted molar refractivity (Wildman–Crippen MR) is 134 cm³/mol. The number of esters is 2. The summed E-state index contributed by atoms with van der Waals surface area (Å²) in [4.78, 5) is 23.4. The number of hydrogen-bond acceptors (Lipinski definition) is 8. The summed E-state index contributed by atoms with van der Waals surface area (Å²) in [6.45, 7) is 9.48. The molecule has 0 amide bonds. The van der Waals surface area contributed by atoms with Gasteiger partial charge in [0.2, 0.25) is 0 Å². The van der Waals surface area contributed by atoms with Gasteiger partial charge in [-0.2, -0.15) is 0 Å². The highest BCUT2D eigenvalue weighted by molar-refractivity contribution is 5.91. The van der Waals surface area contributed by atoms with Gasteiger partial charge in [-0.05, 0) is 67.8 Å². The highest BCUT2D eigenvalue weighted by atomic mass is 16.6. The van der Waals surface area contributed by atoms with E-state index in [1.54, 1.807) is 48.5 Å². The van der Waals surface area contributed by atoms with Crippen LogP contribution in [-0.4, -0.2) is 58.2 Å². The zero-order valence-electron chi connectivity index (χ0n) is 20.7. The van der Waals surface area contributed by atoms with Crippen molar-refractivity contribution in [3.63, 3.8) is 0 Å². The van der Waals surface area contributed by atoms with Crippen LogP contribution < -0.4 is 14.2 Å². The van der Waals surface area contributed by atoms with Crippen molar-refractivity contribution in [1.82, 2.24) is 0 Å². The largest absolute Gasteiger partial charge is 0.494 e. The molecule has 8 heteroatoms. The Bertz CT molecular complexity index is 959. The van der Waals surface area contributed by atoms with E-state index in [1.165, 1.54) is 0 Å². The standard InChI is InChI=1S/C28H34O8/c1-3-26(29)35-18-17-34-24-11-13-25(14-12-24)36-27(30)22-7-9-23(10-8-22)33-16-6-5-15-31-19-28(4-2)20-32-21-28/h3,7-14H,1,4-6,15-21H2,2H3. The minimum atomic E-state index is -0.498. The summed E-state index contributed by atoms with van der Waals surface area (Å²) in [7, 11) is 0. The Morgan fingerprint density at radius 2 is 1.50 bits per heavy atom. The number of benzene rings is 2. The molecule has 0 bridgehead atoms. The van der Waals surface area contributed by atoms with E-state index in [2.05, 4.69) is 13.5 Å². The predicted octanol–water partition coefficient (Wildman–Crippen LogP) is 4.62. The number of carbonyl (C=O) groups excluding carboxylic acids is 2. The quantitative estimate of drug-likeness (QED) is 0.143. The fourth-order valence-corrected chi connectivity index (χ4v) is 3.38. The van der Waals surface area contributed by atoms with Gasteiger partial charge in [-0.1, -0.05) is 13.5 Å². The molecule has 0 saturated carbocycles. The highest BCUT2D eigenvalue weighted by Gasteiger charge is 2.36. The number of rotatable bonds is 16. The summed E-state index contributed by atoms with van der Waals surface area (Å²) in [6.07, 6.45) is 3.99. The van der Waals surface area contributed by atoms with Crippen molar-refractivity contribution in [2.24, 2.45) is 5.41 Å². The lowest BCUT2D eigenvalue weighted by Crippen LogP contribution is -2.45. The van der Waals surface area contributed by atoms with Gasteiger partial charge in [0.25, 0.3) is 0 Å². The van der Waals surface area contributed by atoms with E-state index in [4.69, 9.17) is 28.4 Å². The van der Waals surface area contributed by atoms with Crippen LogP contribution >= 0.6 is 0 Å². The van der Waals surface area contributed by atoms with E-state index in [-0.39, 0.29) is 18.6 Å². The van der Waals surface area contributed by atoms with Crippen LogP contribution in [0.25, 0.3) is 0 Å². The molecule has 1 aliphatic heterocycles. The SMILES string of the molecule is C=CC(=O)OCCOc1ccc(OC(=O)c2ccc(OCCCCOCC3(CC)COC3)cc2)cc1. The van der Waals surface area contributed by atoms with Crippen LogP contribution in [-0.2, 0) is 19.0 Å². The molecular weight excluding hydrogens is 464 g/mol. The molecular formula is C28H34O8. The third kappa shape index (κ3) is 8.70. The van der Waals surface area contributed by atoms with Gasteiger partial charge in [-0.15, -0.1) is 0 Å². The summed E-state index contributed by atoms with van der Waals surface area (Å²) in [5.74, 6) is 0.689. The van der Waals surface area contributed by atoms with Gasteiger partial charge in [-0.3, -0.25) is 0 Å². The van der Waals surface area contributed by atoms with Gasteiger partial charge in [-0.25, -0.2) is 9.59 Å². The third-order valence-corrected chi connectivity index (χ3v) is 5.81. The average Bonchev–Trinajstić information content (AvgIpc) is 2.88. The molecule has 0 spiro atoms. The Kier molecular flexibility index (Phi) is 10.8. The number of carbonyl (C=O) groups is 2. The molecule has 1 fully saturated rings. The lowest BCUT2D eigenvalue weighted by atomic mass is 9.84. The van der Waals surface area contributed by atoms with Gasteiger partial charge in [0.1, 0.15) is 30.5 Å². The van der Waals surface area contributed by atoms with E-state index in [0.29, 0.717) is 36.0 Å². The molecule has 0 aromatic heterocycles. The Balaban J connectivity index is 1.30. The molecule has 2 aromatic carbocycles. The maximum atomic E-state index is 12.4. The molecule has 1 aliphatic rings. The Hall–Kier alpha value is -3.36. The lowest BCUT2D eigenvalue weighted by molar-refractivity contribution is -0.150. The Morgan fingerprint density at radius 3 is 2.11 bits per heavy atom. The molecule has 8 nitrogen and oxygen atoms in total. The maximum absolute atomic E-state index is 12.4. The first-order chi connectivity index (χ1) is 17.5. The van der Waals surface area contributed by atoms with Crippen molar-refractivity contribution in [1.29, 1.82) is 0 Å². The molecule has 0 radical (unpaired) electrons. The molecule has 0 aliphatic carbocycles. The first kappa shape index (κ1) is 27.2. The fraction of sp³-hybridized carbons (Fsp3) is 0.429. The molecule has 1 heterocycles. The summed E-state index contributed by atoms with van der Waals surface area (Å²) >= 11 is 0. The van der Waals surface area contributed by atoms with Crippen molar-refractivity contribution in [3.05, 3.63) is 66.7 Å². The Labute approximate surface area is 212 Å². The molecule has 194 valence electrons. The zero-order valence-corrected chi connectivity index (χ0v) is 20.7. The first-order valence-corrected chi connectivity index (χ1v) is 12.2. The first-order valence-electron chi connectivity index (χ1n) is 12.2. The monoisotopic (exact) mass is 498 g/mol. The summed E-state index contributed by atoms with van der Waals surface area (Å²) in [5.41, 5.74) is 0.645. The van der Waals surface area contributed by atoms with Gasteiger partial charge in [0, 0.05) is 18.1 Å². The number of hydrogen-bond donors (Lipinski definition) is 0. The maximum Gasteiger partial charge on any atom is 0.343 e. The normalized spacial score (nSPS) is 13.8. The van der Waals surface area contributed by atoms with Crippen LogP contribution in [0, 0.1) is 5.41 Å². The second-order valence-electron chi connectivity index (χ2n) is 8.56. The highest BCUT2D eigenvalue weighted by Crippen LogP contribution is 2.31. The number of unbranched alkanes of at least 4 members (excludes halogenated alkanes) is 1. The summed E-state index contributed by atoms with van der Waals surface area (Å²) < 4.78 is 32.6. The van der Waals surface area contributed by atoms with E-state index in [9.17, 15) is 9.59 Å².